The number of rotatable bonds is 5. The van der Waals surface area contributed by atoms with Crippen LogP contribution >= 0.6 is 0 Å². The summed E-state index contributed by atoms with van der Waals surface area (Å²) < 4.78 is 46.7. The Morgan fingerprint density at radius 3 is 2.05 bits per heavy atom. The molecule has 0 aromatic carbocycles. The van der Waals surface area contributed by atoms with Crippen molar-refractivity contribution in [2.24, 2.45) is 11.1 Å². The third-order valence-corrected chi connectivity index (χ3v) is 5.83. The fourth-order valence-electron chi connectivity index (χ4n) is 1.64. The Labute approximate surface area is 119 Å². The smallest absolute Gasteiger partial charge is 0.273 e. The Morgan fingerprint density at radius 1 is 1.20 bits per heavy atom. The average molecular weight is 324 g/mol. The molecule has 1 heterocycles. The first-order valence-electron chi connectivity index (χ1n) is 5.94. The highest BCUT2D eigenvalue weighted by Gasteiger charge is 2.39. The van der Waals surface area contributed by atoms with Gasteiger partial charge in [0.2, 0.25) is 0 Å². The predicted octanol–water partition coefficient (Wildman–Crippen LogP) is -0.139. The minimum Gasteiger partial charge on any atom is -0.299 e. The van der Waals surface area contributed by atoms with Gasteiger partial charge in [0.1, 0.15) is 4.75 Å². The molecular weight excluding hydrogens is 304 g/mol. The van der Waals surface area contributed by atoms with Crippen LogP contribution in [0, 0.1) is 5.92 Å². The molecule has 0 saturated carbocycles. The van der Waals surface area contributed by atoms with E-state index in [0.29, 0.717) is 0 Å². The highest BCUT2D eigenvalue weighted by atomic mass is 32.2. The Morgan fingerprint density at radius 2 is 1.70 bits per heavy atom. The molecule has 1 rings (SSSR count). The Balaban J connectivity index is 3.62. The van der Waals surface area contributed by atoms with Crippen molar-refractivity contribution in [1.82, 2.24) is 14.8 Å². The van der Waals surface area contributed by atoms with Crippen LogP contribution in [-0.2, 0) is 31.2 Å². The van der Waals surface area contributed by atoms with E-state index in [9.17, 15) is 16.8 Å². The molecule has 0 spiro atoms. The average Bonchev–Trinajstić information content (AvgIpc) is 2.57. The SMILES string of the molecule is CC(C)Cn1c(C(C)(C)S(C)(=O)=O)nnc1S(N)(=O)=O. The van der Waals surface area contributed by atoms with Crippen molar-refractivity contribution in [3.05, 3.63) is 5.82 Å². The molecule has 0 aliphatic rings. The highest BCUT2D eigenvalue weighted by molar-refractivity contribution is 7.91. The molecule has 1 aromatic rings. The van der Waals surface area contributed by atoms with E-state index in [1.54, 1.807) is 0 Å². The normalized spacial score (nSPS) is 13.9. The van der Waals surface area contributed by atoms with Gasteiger partial charge in [-0.1, -0.05) is 13.8 Å². The second-order valence-corrected chi connectivity index (χ2v) is 9.66. The summed E-state index contributed by atoms with van der Waals surface area (Å²) in [5, 5.41) is 12.0. The van der Waals surface area contributed by atoms with E-state index in [-0.39, 0.29) is 18.3 Å². The van der Waals surface area contributed by atoms with Crippen LogP contribution < -0.4 is 5.14 Å². The second kappa shape index (κ2) is 5.08. The third kappa shape index (κ3) is 3.18. The van der Waals surface area contributed by atoms with Gasteiger partial charge < -0.3 is 0 Å². The van der Waals surface area contributed by atoms with Gasteiger partial charge in [0.15, 0.2) is 15.7 Å². The lowest BCUT2D eigenvalue weighted by Crippen LogP contribution is -2.33. The van der Waals surface area contributed by atoms with Crippen LogP contribution in [0.2, 0.25) is 0 Å². The number of nitrogens with two attached hydrogens (primary N) is 1. The first-order chi connectivity index (χ1) is 8.78. The van der Waals surface area contributed by atoms with Gasteiger partial charge >= 0.3 is 0 Å². The number of nitrogens with zero attached hydrogens (tertiary/aromatic N) is 3. The van der Waals surface area contributed by atoms with E-state index in [1.165, 1.54) is 18.4 Å². The van der Waals surface area contributed by atoms with Gasteiger partial charge in [0.05, 0.1) is 0 Å². The second-order valence-electron chi connectivity index (χ2n) is 5.64. The van der Waals surface area contributed by atoms with E-state index in [0.717, 1.165) is 6.26 Å². The lowest BCUT2D eigenvalue weighted by Gasteiger charge is -2.23. The van der Waals surface area contributed by atoms with Crippen LogP contribution in [0.15, 0.2) is 5.16 Å². The maximum Gasteiger partial charge on any atom is 0.273 e. The summed E-state index contributed by atoms with van der Waals surface area (Å²) in [6, 6.07) is 0. The van der Waals surface area contributed by atoms with Gasteiger partial charge in [0.25, 0.3) is 15.2 Å². The van der Waals surface area contributed by atoms with E-state index < -0.39 is 29.8 Å². The van der Waals surface area contributed by atoms with E-state index in [4.69, 9.17) is 5.14 Å². The molecule has 2 N–H and O–H groups in total. The Bertz CT molecular complexity index is 702. The fraction of sp³-hybridized carbons (Fsp3) is 0.800. The molecule has 1 aromatic heterocycles. The minimum absolute atomic E-state index is 0.0673. The van der Waals surface area contributed by atoms with Gasteiger partial charge in [0, 0.05) is 12.8 Å². The van der Waals surface area contributed by atoms with Gasteiger partial charge in [-0.15, -0.1) is 10.2 Å². The number of sulfonamides is 1. The molecule has 0 atom stereocenters. The number of sulfone groups is 1. The van der Waals surface area contributed by atoms with Crippen LogP contribution in [0.1, 0.15) is 33.5 Å². The van der Waals surface area contributed by atoms with Crippen molar-refractivity contribution in [3.63, 3.8) is 0 Å². The van der Waals surface area contributed by atoms with Crippen LogP contribution in [0.25, 0.3) is 0 Å². The number of primary sulfonamides is 1. The first-order valence-corrected chi connectivity index (χ1v) is 9.38. The molecule has 0 aliphatic carbocycles. The summed E-state index contributed by atoms with van der Waals surface area (Å²) in [5.74, 6) is 0.137. The lowest BCUT2D eigenvalue weighted by atomic mass is 10.1. The summed E-state index contributed by atoms with van der Waals surface area (Å²) in [4.78, 5) is 0. The first kappa shape index (κ1) is 17.1. The monoisotopic (exact) mass is 324 g/mol. The zero-order chi connectivity index (χ0) is 15.9. The van der Waals surface area contributed by atoms with Crippen LogP contribution in [0.5, 0.6) is 0 Å². The Kier molecular flexibility index (Phi) is 4.33. The molecule has 0 fully saturated rings. The molecule has 0 saturated heterocycles. The van der Waals surface area contributed by atoms with Crippen molar-refractivity contribution in [3.8, 4) is 0 Å². The molecule has 0 aliphatic heterocycles. The summed E-state index contributed by atoms with van der Waals surface area (Å²) in [7, 11) is -7.57. The van der Waals surface area contributed by atoms with Gasteiger partial charge in [-0.05, 0) is 19.8 Å². The van der Waals surface area contributed by atoms with E-state index >= 15 is 0 Å². The standard InChI is InChI=1S/C10H20N4O4S2/c1-7(2)6-14-8(10(3,4)19(5,15)16)12-13-9(14)20(11,17)18/h7H,6H2,1-5H3,(H2,11,17,18). The van der Waals surface area contributed by atoms with Crippen molar-refractivity contribution in [1.29, 1.82) is 0 Å². The molecule has 116 valence electrons. The molecule has 8 nitrogen and oxygen atoms in total. The van der Waals surface area contributed by atoms with Crippen molar-refractivity contribution < 1.29 is 16.8 Å². The number of hydrogen-bond acceptors (Lipinski definition) is 6. The maximum absolute atomic E-state index is 11.9. The fourth-order valence-corrected chi connectivity index (χ4v) is 2.75. The van der Waals surface area contributed by atoms with Crippen molar-refractivity contribution in [2.75, 3.05) is 6.26 Å². The lowest BCUT2D eigenvalue weighted by molar-refractivity contribution is 0.449. The number of aromatic nitrogens is 3. The quantitative estimate of drug-likeness (QED) is 0.803. The van der Waals surface area contributed by atoms with Crippen LogP contribution in [0.4, 0.5) is 0 Å². The summed E-state index contributed by atoms with van der Waals surface area (Å²) in [5.41, 5.74) is 0. The van der Waals surface area contributed by atoms with Crippen LogP contribution in [-0.4, -0.2) is 37.9 Å². The van der Waals surface area contributed by atoms with Gasteiger partial charge in [-0.2, -0.15) is 0 Å². The van der Waals surface area contributed by atoms with Crippen molar-refractivity contribution in [2.45, 2.75) is 44.1 Å². The Hall–Kier alpha value is -1.00. The van der Waals surface area contributed by atoms with Crippen LogP contribution in [0.3, 0.4) is 0 Å². The molecule has 0 unspecified atom stereocenters. The molecular formula is C10H20N4O4S2. The highest BCUT2D eigenvalue weighted by Crippen LogP contribution is 2.29. The van der Waals surface area contributed by atoms with Gasteiger partial charge in [-0.25, -0.2) is 22.0 Å². The zero-order valence-corrected chi connectivity index (χ0v) is 13.8. The number of hydrogen-bond donors (Lipinski definition) is 1. The van der Waals surface area contributed by atoms with Crippen molar-refractivity contribution >= 4 is 19.9 Å². The topological polar surface area (TPSA) is 125 Å². The summed E-state index contributed by atoms with van der Waals surface area (Å²) in [6.07, 6.45) is 1.07. The molecule has 0 bridgehead atoms. The molecule has 20 heavy (non-hydrogen) atoms. The predicted molar refractivity (Wildman–Crippen MR) is 74.1 cm³/mol. The molecule has 10 heteroatoms. The zero-order valence-electron chi connectivity index (χ0n) is 12.2. The van der Waals surface area contributed by atoms with E-state index in [2.05, 4.69) is 10.2 Å². The maximum atomic E-state index is 11.9. The summed E-state index contributed by atoms with van der Waals surface area (Å²) >= 11 is 0. The largest absolute Gasteiger partial charge is 0.299 e. The van der Waals surface area contributed by atoms with Gasteiger partial charge in [-0.3, -0.25) is 4.57 Å². The molecule has 0 radical (unpaired) electrons. The van der Waals surface area contributed by atoms with E-state index in [1.807, 2.05) is 13.8 Å². The minimum atomic E-state index is -4.07. The molecule has 0 amide bonds. The summed E-state index contributed by atoms with van der Waals surface area (Å²) in [6.45, 7) is 6.90. The third-order valence-electron chi connectivity index (χ3n) is 2.98.